The molecule has 5 heteroatoms. The Morgan fingerprint density at radius 2 is 1.20 bits per heavy atom. The molecular weight excluding hydrogens is 854 g/mol. The summed E-state index contributed by atoms with van der Waals surface area (Å²) in [4.78, 5) is 5.68. The fraction of sp³-hybridized carbons (Fsp3) is 0.0600. The van der Waals surface area contributed by atoms with Crippen molar-refractivity contribution in [3.05, 3.63) is 181 Å². The molecule has 0 bridgehead atoms. The van der Waals surface area contributed by atoms with E-state index in [1.807, 2.05) is 18.2 Å². The first-order valence-electron chi connectivity index (χ1n) is 18.3. The molecule has 3 heterocycles. The molecule has 4 nitrogen and oxygen atoms in total. The van der Waals surface area contributed by atoms with Gasteiger partial charge in [-0.2, -0.15) is 23.8 Å². The van der Waals surface area contributed by atoms with Crippen LogP contribution in [-0.4, -0.2) is 21.2 Å². The van der Waals surface area contributed by atoms with Crippen molar-refractivity contribution in [3.63, 3.8) is 0 Å². The fourth-order valence-corrected chi connectivity index (χ4v) is 8.13. The van der Waals surface area contributed by atoms with Gasteiger partial charge in [0, 0.05) is 27.1 Å². The smallest absolute Gasteiger partial charge is 0.497 e. The molecule has 10 aromatic rings. The average molecular weight is 889 g/mol. The zero-order valence-electron chi connectivity index (χ0n) is 30.6. The first-order valence-corrected chi connectivity index (χ1v) is 18.3. The number of ether oxygens (including phenoxy) is 1. The topological polar surface area (TPSA) is 32.0 Å². The van der Waals surface area contributed by atoms with Gasteiger partial charge in [0.05, 0.1) is 18.1 Å². The van der Waals surface area contributed by atoms with Crippen LogP contribution in [0.3, 0.4) is 0 Å². The number of methoxy groups -OCH3 is 1. The summed E-state index contributed by atoms with van der Waals surface area (Å²) in [5.41, 5.74) is 15.0. The van der Waals surface area contributed by atoms with Gasteiger partial charge in [-0.05, 0) is 53.6 Å². The Labute approximate surface area is 334 Å². The third-order valence-electron chi connectivity index (χ3n) is 10.6. The molecule has 55 heavy (non-hydrogen) atoms. The van der Waals surface area contributed by atoms with E-state index in [2.05, 4.69) is 175 Å². The van der Waals surface area contributed by atoms with Gasteiger partial charge in [0.25, 0.3) is 0 Å². The molecule has 7 aromatic carbocycles. The molecule has 0 atom stereocenters. The van der Waals surface area contributed by atoms with Gasteiger partial charge in [0.15, 0.2) is 0 Å². The number of para-hydroxylation sites is 2. The van der Waals surface area contributed by atoms with Crippen LogP contribution in [0.25, 0.3) is 88.6 Å². The molecule has 0 saturated carbocycles. The van der Waals surface area contributed by atoms with E-state index >= 15 is 0 Å². The fourth-order valence-electron chi connectivity index (χ4n) is 8.13. The summed E-state index contributed by atoms with van der Waals surface area (Å²) in [6.07, 6.45) is 0. The Bertz CT molecular complexity index is 3050. The number of benzene rings is 7. The van der Waals surface area contributed by atoms with Gasteiger partial charge in [0.1, 0.15) is 17.0 Å². The van der Waals surface area contributed by atoms with Gasteiger partial charge in [-0.15, -0.1) is 35.9 Å². The minimum absolute atomic E-state index is 0. The third-order valence-corrected chi connectivity index (χ3v) is 10.6. The van der Waals surface area contributed by atoms with Gasteiger partial charge in [-0.1, -0.05) is 121 Å². The van der Waals surface area contributed by atoms with Crippen LogP contribution in [0.15, 0.2) is 158 Å². The summed E-state index contributed by atoms with van der Waals surface area (Å²) >= 11 is 0. The second kappa shape index (κ2) is 13.9. The Balaban J connectivity index is 0.00000397. The van der Waals surface area contributed by atoms with Crippen LogP contribution in [0.4, 0.5) is 0 Å². The van der Waals surface area contributed by atoms with E-state index in [0.717, 1.165) is 83.3 Å². The molecule has 10 rings (SSSR count). The Kier molecular flexibility index (Phi) is 8.72. The molecular formula is C50H35N3OPt. The Morgan fingerprint density at radius 1 is 0.564 bits per heavy atom. The summed E-state index contributed by atoms with van der Waals surface area (Å²) < 4.78 is 10.2. The van der Waals surface area contributed by atoms with Crippen molar-refractivity contribution in [2.45, 2.75) is 13.8 Å². The van der Waals surface area contributed by atoms with E-state index in [1.165, 1.54) is 22.3 Å². The second-order valence-corrected chi connectivity index (χ2v) is 13.9. The van der Waals surface area contributed by atoms with Crippen molar-refractivity contribution in [2.24, 2.45) is 0 Å². The molecule has 0 N–H and O–H groups in total. The average Bonchev–Trinajstić information content (AvgIpc) is 3.73. The summed E-state index contributed by atoms with van der Waals surface area (Å²) in [6.45, 7) is 4.31. The predicted octanol–water partition coefficient (Wildman–Crippen LogP) is 12.5. The van der Waals surface area contributed by atoms with E-state index in [4.69, 9.17) is 9.72 Å². The van der Waals surface area contributed by atoms with E-state index in [-0.39, 0.29) is 21.1 Å². The number of fused-ring (bicyclic) bond motifs is 6. The largest absolute Gasteiger partial charge is 2.00 e. The Hall–Kier alpha value is -6.22. The molecule has 0 amide bonds. The van der Waals surface area contributed by atoms with Gasteiger partial charge >= 0.3 is 21.1 Å². The van der Waals surface area contributed by atoms with E-state index < -0.39 is 0 Å². The first-order chi connectivity index (χ1) is 26.6. The minimum atomic E-state index is 0. The van der Waals surface area contributed by atoms with Crippen LogP contribution in [0, 0.1) is 26.0 Å². The maximum atomic E-state index is 5.68. The van der Waals surface area contributed by atoms with Crippen LogP contribution < -0.4 is 4.74 Å². The van der Waals surface area contributed by atoms with Crippen molar-refractivity contribution >= 4 is 43.9 Å². The number of pyridine rings is 1. The van der Waals surface area contributed by atoms with Crippen LogP contribution >= 0.6 is 0 Å². The van der Waals surface area contributed by atoms with Gasteiger partial charge < -0.3 is 13.9 Å². The number of hydrogen-bond acceptors (Lipinski definition) is 2. The van der Waals surface area contributed by atoms with Gasteiger partial charge in [0.2, 0.25) is 0 Å². The zero-order chi connectivity index (χ0) is 36.3. The second-order valence-electron chi connectivity index (χ2n) is 13.9. The van der Waals surface area contributed by atoms with Gasteiger partial charge in [-0.3, -0.25) is 0 Å². The van der Waals surface area contributed by atoms with Crippen LogP contribution in [-0.2, 0) is 21.1 Å². The monoisotopic (exact) mass is 888 g/mol. The quantitative estimate of drug-likeness (QED) is 0.156. The van der Waals surface area contributed by atoms with E-state index in [1.54, 1.807) is 7.11 Å². The Morgan fingerprint density at radius 3 is 1.85 bits per heavy atom. The molecule has 0 aliphatic carbocycles. The first kappa shape index (κ1) is 34.5. The van der Waals surface area contributed by atoms with Crippen molar-refractivity contribution < 1.29 is 25.8 Å². The summed E-state index contributed by atoms with van der Waals surface area (Å²) in [6, 6.07) is 63.0. The molecule has 3 aromatic heterocycles. The molecule has 0 aliphatic heterocycles. The molecule has 0 unspecified atom stereocenters. The SMILES string of the molecule is COc1ccc(-c2c3c4ccccc4n(-c4[c-]c(-c5ccc(-c6ccccc6)cc5C)ccc4)c3nc3c2c2ccccc2n3-c2[c-]ccc(C)c2)cc1.[Pt+2]. The number of hydrogen-bond donors (Lipinski definition) is 0. The maximum absolute atomic E-state index is 5.68. The van der Waals surface area contributed by atoms with Crippen LogP contribution in [0.2, 0.25) is 0 Å². The molecule has 0 aliphatic rings. The standard InChI is InChI=1S/C50H35N3O.Pt/c1-32-13-11-17-38(29-32)52-44-21-9-7-19-42(44)47-46(35-23-26-40(54-3)27-24-35)48-43-20-8-10-22-45(43)53(50(48)51-49(47)52)39-18-12-16-37(31-39)41-28-25-36(30-33(41)2)34-14-5-4-6-15-34;/h4-16,18-30H,1-3H3;/q-2;+2. The van der Waals surface area contributed by atoms with E-state index in [9.17, 15) is 0 Å². The molecule has 0 saturated heterocycles. The molecule has 0 spiro atoms. The van der Waals surface area contributed by atoms with Crippen molar-refractivity contribution in [3.8, 4) is 50.5 Å². The number of nitrogens with zero attached hydrogens (tertiary/aromatic N) is 3. The van der Waals surface area contributed by atoms with Gasteiger partial charge in [-0.25, -0.2) is 4.98 Å². The minimum Gasteiger partial charge on any atom is -0.497 e. The maximum Gasteiger partial charge on any atom is 2.00 e. The van der Waals surface area contributed by atoms with Crippen molar-refractivity contribution in [1.82, 2.24) is 14.1 Å². The van der Waals surface area contributed by atoms with E-state index in [0.29, 0.717) is 0 Å². The van der Waals surface area contributed by atoms with Crippen LogP contribution in [0.1, 0.15) is 11.1 Å². The number of rotatable bonds is 6. The molecule has 266 valence electrons. The zero-order valence-corrected chi connectivity index (χ0v) is 32.8. The number of aryl methyl sites for hydroxylation is 2. The molecule has 0 fully saturated rings. The summed E-state index contributed by atoms with van der Waals surface area (Å²) in [5.74, 6) is 0.818. The summed E-state index contributed by atoms with van der Waals surface area (Å²) in [7, 11) is 1.71. The van der Waals surface area contributed by atoms with Crippen molar-refractivity contribution in [1.29, 1.82) is 0 Å². The normalized spacial score (nSPS) is 11.4. The molecule has 0 radical (unpaired) electrons. The van der Waals surface area contributed by atoms with Crippen LogP contribution in [0.5, 0.6) is 5.75 Å². The third kappa shape index (κ3) is 5.68. The number of aromatic nitrogens is 3. The van der Waals surface area contributed by atoms with Crippen molar-refractivity contribution in [2.75, 3.05) is 7.11 Å². The predicted molar refractivity (Wildman–Crippen MR) is 223 cm³/mol. The summed E-state index contributed by atoms with van der Waals surface area (Å²) in [5, 5.41) is 4.48.